The summed E-state index contributed by atoms with van der Waals surface area (Å²) in [6, 6.07) is 6.18. The van der Waals surface area contributed by atoms with Gasteiger partial charge in [0, 0.05) is 11.6 Å². The molecule has 0 N–H and O–H groups in total. The molecule has 4 heteroatoms. The molecule has 0 saturated heterocycles. The summed E-state index contributed by atoms with van der Waals surface area (Å²) < 4.78 is 30.1. The Morgan fingerprint density at radius 2 is 1.67 bits per heavy atom. The molecule has 0 amide bonds. The molecule has 0 aliphatic carbocycles. The summed E-state index contributed by atoms with van der Waals surface area (Å²) in [6.07, 6.45) is 1.20. The zero-order chi connectivity index (χ0) is 10.8. The van der Waals surface area contributed by atoms with Crippen LogP contribution in [0.1, 0.15) is 0 Å². The van der Waals surface area contributed by atoms with Gasteiger partial charge >= 0.3 is 5.63 Å². The molecule has 0 atom stereocenters. The summed E-state index contributed by atoms with van der Waals surface area (Å²) in [5.41, 5.74) is 0.493. The van der Waals surface area contributed by atoms with Gasteiger partial charge in [-0.1, -0.05) is 6.07 Å². The predicted molar refractivity (Wildman–Crippen MR) is 50.3 cm³/mol. The Labute approximate surface area is 83.8 Å². The second-order valence-corrected chi connectivity index (χ2v) is 2.97. The van der Waals surface area contributed by atoms with Crippen molar-refractivity contribution in [2.24, 2.45) is 0 Å². The highest BCUT2D eigenvalue weighted by molar-refractivity contribution is 5.61. The van der Waals surface area contributed by atoms with Crippen molar-refractivity contribution in [1.82, 2.24) is 0 Å². The Morgan fingerprint density at radius 1 is 0.933 bits per heavy atom. The van der Waals surface area contributed by atoms with Gasteiger partial charge in [-0.2, -0.15) is 0 Å². The maximum Gasteiger partial charge on any atom is 0.335 e. The lowest BCUT2D eigenvalue weighted by molar-refractivity contribution is 0.507. The van der Waals surface area contributed by atoms with Crippen LogP contribution >= 0.6 is 0 Å². The average Bonchev–Trinajstić information content (AvgIpc) is 2.23. The Kier molecular flexibility index (Phi) is 2.33. The molecule has 15 heavy (non-hydrogen) atoms. The molecule has 76 valence electrons. The molecular formula is C11H6F2O2. The molecule has 2 aromatic rings. The van der Waals surface area contributed by atoms with Gasteiger partial charge in [0.05, 0.1) is 0 Å². The van der Waals surface area contributed by atoms with Gasteiger partial charge < -0.3 is 4.42 Å². The second kappa shape index (κ2) is 3.65. The summed E-state index contributed by atoms with van der Waals surface area (Å²) in [5, 5.41) is 0. The van der Waals surface area contributed by atoms with E-state index in [2.05, 4.69) is 4.42 Å². The first-order chi connectivity index (χ1) is 7.16. The fraction of sp³-hybridized carbons (Fsp3) is 0. The quantitative estimate of drug-likeness (QED) is 0.721. The lowest BCUT2D eigenvalue weighted by Crippen LogP contribution is -1.94. The van der Waals surface area contributed by atoms with Crippen LogP contribution in [0.4, 0.5) is 8.78 Å². The van der Waals surface area contributed by atoms with Crippen LogP contribution in [0.25, 0.3) is 11.1 Å². The molecule has 1 aromatic heterocycles. The van der Waals surface area contributed by atoms with E-state index < -0.39 is 17.3 Å². The van der Waals surface area contributed by atoms with Gasteiger partial charge in [-0.3, -0.25) is 0 Å². The third-order valence-corrected chi connectivity index (χ3v) is 1.95. The number of halogens is 2. The van der Waals surface area contributed by atoms with E-state index in [0.29, 0.717) is 11.1 Å². The zero-order valence-corrected chi connectivity index (χ0v) is 7.54. The van der Waals surface area contributed by atoms with E-state index in [9.17, 15) is 13.6 Å². The minimum absolute atomic E-state index is 0.456. The highest BCUT2D eigenvalue weighted by Crippen LogP contribution is 2.20. The summed E-state index contributed by atoms with van der Waals surface area (Å²) in [7, 11) is 0. The number of rotatable bonds is 1. The van der Waals surface area contributed by atoms with Crippen LogP contribution in [0.2, 0.25) is 0 Å². The highest BCUT2D eigenvalue weighted by Gasteiger charge is 2.04. The average molecular weight is 208 g/mol. The molecule has 2 nitrogen and oxygen atoms in total. The number of hydrogen-bond acceptors (Lipinski definition) is 2. The molecule has 0 aliphatic rings. The number of hydrogen-bond donors (Lipinski definition) is 0. The summed E-state index contributed by atoms with van der Waals surface area (Å²) in [4.78, 5) is 10.7. The summed E-state index contributed by atoms with van der Waals surface area (Å²) in [5.74, 6) is -1.84. The van der Waals surface area contributed by atoms with Crippen molar-refractivity contribution in [1.29, 1.82) is 0 Å². The normalized spacial score (nSPS) is 10.3. The molecular weight excluding hydrogens is 202 g/mol. The third-order valence-electron chi connectivity index (χ3n) is 1.95. The Morgan fingerprint density at radius 3 is 2.27 bits per heavy atom. The van der Waals surface area contributed by atoms with Gasteiger partial charge in [-0.05, 0) is 23.8 Å². The molecule has 0 fully saturated rings. The van der Waals surface area contributed by atoms with Crippen LogP contribution in [0.5, 0.6) is 0 Å². The van der Waals surface area contributed by atoms with E-state index in [-0.39, 0.29) is 0 Å². The standard InChI is InChI=1S/C11H6F2O2/c12-9-3-1-7(5-10(9)13)8-2-4-11(14)15-6-8/h1-6H. The summed E-state index contributed by atoms with van der Waals surface area (Å²) in [6.45, 7) is 0. The van der Waals surface area contributed by atoms with Crippen LogP contribution < -0.4 is 5.63 Å². The van der Waals surface area contributed by atoms with Crippen molar-refractivity contribution < 1.29 is 13.2 Å². The molecule has 1 aromatic carbocycles. The molecule has 2 rings (SSSR count). The Hall–Kier alpha value is -1.97. The van der Waals surface area contributed by atoms with Gasteiger partial charge in [0.1, 0.15) is 6.26 Å². The lowest BCUT2D eigenvalue weighted by atomic mass is 10.1. The topological polar surface area (TPSA) is 30.2 Å². The summed E-state index contributed by atoms with van der Waals surface area (Å²) >= 11 is 0. The van der Waals surface area contributed by atoms with E-state index in [1.165, 1.54) is 24.5 Å². The first-order valence-corrected chi connectivity index (χ1v) is 4.21. The fourth-order valence-electron chi connectivity index (χ4n) is 1.20. The first kappa shape index (κ1) is 9.58. The van der Waals surface area contributed by atoms with Gasteiger partial charge in [-0.25, -0.2) is 13.6 Å². The minimum atomic E-state index is -0.932. The molecule has 1 heterocycles. The number of benzene rings is 1. The van der Waals surface area contributed by atoms with Gasteiger partial charge in [0.2, 0.25) is 0 Å². The monoisotopic (exact) mass is 208 g/mol. The van der Waals surface area contributed by atoms with E-state index in [1.54, 1.807) is 0 Å². The molecule has 0 bridgehead atoms. The van der Waals surface area contributed by atoms with Gasteiger partial charge in [0.25, 0.3) is 0 Å². The van der Waals surface area contributed by atoms with Crippen LogP contribution in [-0.4, -0.2) is 0 Å². The van der Waals surface area contributed by atoms with E-state index >= 15 is 0 Å². The SMILES string of the molecule is O=c1ccc(-c2ccc(F)c(F)c2)co1. The zero-order valence-electron chi connectivity index (χ0n) is 7.54. The van der Waals surface area contributed by atoms with E-state index in [1.807, 2.05) is 0 Å². The Balaban J connectivity index is 2.50. The molecule has 0 radical (unpaired) electrons. The maximum absolute atomic E-state index is 12.9. The maximum atomic E-state index is 12.9. The first-order valence-electron chi connectivity index (χ1n) is 4.21. The lowest BCUT2D eigenvalue weighted by Gasteiger charge is -2.00. The largest absolute Gasteiger partial charge is 0.431 e. The van der Waals surface area contributed by atoms with Gasteiger partial charge in [0.15, 0.2) is 11.6 Å². The van der Waals surface area contributed by atoms with Crippen molar-refractivity contribution in [3.63, 3.8) is 0 Å². The van der Waals surface area contributed by atoms with Gasteiger partial charge in [-0.15, -0.1) is 0 Å². The van der Waals surface area contributed by atoms with Crippen molar-refractivity contribution in [3.05, 3.63) is 58.6 Å². The molecule has 0 unspecified atom stereocenters. The van der Waals surface area contributed by atoms with Crippen LogP contribution in [-0.2, 0) is 0 Å². The predicted octanol–water partition coefficient (Wildman–Crippen LogP) is 2.59. The van der Waals surface area contributed by atoms with Crippen LogP contribution in [0.3, 0.4) is 0 Å². The van der Waals surface area contributed by atoms with Crippen molar-refractivity contribution in [2.75, 3.05) is 0 Å². The molecule has 0 aliphatic heterocycles. The van der Waals surface area contributed by atoms with Crippen molar-refractivity contribution in [2.45, 2.75) is 0 Å². The van der Waals surface area contributed by atoms with Crippen LogP contribution in [0, 0.1) is 11.6 Å². The Bertz CT molecular complexity index is 526. The van der Waals surface area contributed by atoms with Crippen LogP contribution in [0.15, 0.2) is 45.8 Å². The van der Waals surface area contributed by atoms with Crippen molar-refractivity contribution in [3.8, 4) is 11.1 Å². The molecule has 0 spiro atoms. The smallest absolute Gasteiger partial charge is 0.335 e. The molecule has 0 saturated carbocycles. The third kappa shape index (κ3) is 1.93. The van der Waals surface area contributed by atoms with E-state index in [4.69, 9.17) is 0 Å². The fourth-order valence-corrected chi connectivity index (χ4v) is 1.20. The second-order valence-electron chi connectivity index (χ2n) is 2.97. The van der Waals surface area contributed by atoms with Crippen molar-refractivity contribution >= 4 is 0 Å². The van der Waals surface area contributed by atoms with E-state index in [0.717, 1.165) is 12.1 Å². The minimum Gasteiger partial charge on any atom is -0.431 e. The highest BCUT2D eigenvalue weighted by atomic mass is 19.2.